The molecule has 20 heavy (non-hydrogen) atoms. The lowest BCUT2D eigenvalue weighted by atomic mass is 9.93. The molecule has 0 aliphatic heterocycles. The van der Waals surface area contributed by atoms with Gasteiger partial charge in [-0.15, -0.1) is 0 Å². The molecule has 0 heterocycles. The zero-order valence-corrected chi connectivity index (χ0v) is 10.9. The number of alkyl halides is 3. The maximum absolute atomic E-state index is 12.5. The fraction of sp³-hybridized carbons (Fsp3) is 0.250. The minimum Gasteiger partial charge on any atom is -0.356 e. The second kappa shape index (κ2) is 4.35. The van der Waals surface area contributed by atoms with Gasteiger partial charge in [0.25, 0.3) is 0 Å². The van der Waals surface area contributed by atoms with E-state index in [-0.39, 0.29) is 0 Å². The first-order valence-corrected chi connectivity index (χ1v) is 6.32. The van der Waals surface area contributed by atoms with Crippen molar-refractivity contribution in [3.8, 4) is 11.1 Å². The van der Waals surface area contributed by atoms with Crippen LogP contribution < -0.4 is 0 Å². The molecular formula is C16H13F3O. The highest BCUT2D eigenvalue weighted by Gasteiger charge is 2.42. The van der Waals surface area contributed by atoms with Gasteiger partial charge >= 0.3 is 6.18 Å². The summed E-state index contributed by atoms with van der Waals surface area (Å²) < 4.78 is 42.8. The third kappa shape index (κ3) is 2.00. The Bertz CT molecular complexity index is 601. The second-order valence-electron chi connectivity index (χ2n) is 5.03. The van der Waals surface area contributed by atoms with E-state index >= 15 is 0 Å². The quantitative estimate of drug-likeness (QED) is 0.785. The summed E-state index contributed by atoms with van der Waals surface area (Å²) in [4.78, 5) is 0. The van der Waals surface area contributed by atoms with Crippen LogP contribution in [0.1, 0.15) is 18.1 Å². The molecule has 0 amide bonds. The molecule has 0 atom stereocenters. The zero-order chi connectivity index (χ0) is 14.4. The Morgan fingerprint density at radius 2 is 1.35 bits per heavy atom. The third-order valence-corrected chi connectivity index (χ3v) is 3.70. The van der Waals surface area contributed by atoms with Crippen LogP contribution in [0.2, 0.25) is 0 Å². The van der Waals surface area contributed by atoms with Crippen LogP contribution in [0, 0.1) is 0 Å². The van der Waals surface area contributed by atoms with Gasteiger partial charge in [-0.1, -0.05) is 48.5 Å². The van der Waals surface area contributed by atoms with Crippen molar-refractivity contribution in [3.05, 3.63) is 59.7 Å². The van der Waals surface area contributed by atoms with Crippen LogP contribution in [0.5, 0.6) is 0 Å². The van der Waals surface area contributed by atoms with Crippen LogP contribution >= 0.6 is 0 Å². The molecule has 0 fully saturated rings. The van der Waals surface area contributed by atoms with Gasteiger partial charge in [0.2, 0.25) is 0 Å². The summed E-state index contributed by atoms with van der Waals surface area (Å²) in [6.45, 7) is 0.440. The van der Waals surface area contributed by atoms with E-state index in [1.807, 2.05) is 48.5 Å². The minimum absolute atomic E-state index is 0.783. The number of benzene rings is 2. The van der Waals surface area contributed by atoms with Crippen molar-refractivity contribution in [2.75, 3.05) is 6.61 Å². The van der Waals surface area contributed by atoms with Crippen LogP contribution in [-0.4, -0.2) is 12.8 Å². The maximum atomic E-state index is 12.5. The SMILES string of the molecule is CC1(OCC(F)(F)F)c2ccccc2-c2ccccc21. The molecule has 0 saturated heterocycles. The lowest BCUT2D eigenvalue weighted by molar-refractivity contribution is -0.197. The average molecular weight is 278 g/mol. The number of hydrogen-bond donors (Lipinski definition) is 0. The lowest BCUT2D eigenvalue weighted by Crippen LogP contribution is -2.30. The van der Waals surface area contributed by atoms with E-state index in [1.54, 1.807) is 6.92 Å². The molecule has 0 aromatic heterocycles. The Balaban J connectivity index is 2.11. The van der Waals surface area contributed by atoms with Crippen molar-refractivity contribution in [3.63, 3.8) is 0 Å². The van der Waals surface area contributed by atoms with Gasteiger partial charge in [-0.3, -0.25) is 0 Å². The first-order valence-electron chi connectivity index (χ1n) is 6.32. The van der Waals surface area contributed by atoms with E-state index in [0.717, 1.165) is 22.3 Å². The molecule has 104 valence electrons. The smallest absolute Gasteiger partial charge is 0.356 e. The van der Waals surface area contributed by atoms with Crippen molar-refractivity contribution in [1.29, 1.82) is 0 Å². The predicted octanol–water partition coefficient (Wildman–Crippen LogP) is 4.51. The molecule has 1 aliphatic carbocycles. The van der Waals surface area contributed by atoms with E-state index in [1.165, 1.54) is 0 Å². The molecule has 2 aromatic carbocycles. The molecule has 0 spiro atoms. The number of hydrogen-bond acceptors (Lipinski definition) is 1. The number of halogens is 3. The summed E-state index contributed by atoms with van der Waals surface area (Å²) in [5.74, 6) is 0. The fourth-order valence-electron chi connectivity index (χ4n) is 2.79. The van der Waals surface area contributed by atoms with Crippen molar-refractivity contribution in [2.24, 2.45) is 0 Å². The van der Waals surface area contributed by atoms with Gasteiger partial charge in [0.05, 0.1) is 0 Å². The molecule has 0 saturated carbocycles. The Morgan fingerprint density at radius 3 is 1.80 bits per heavy atom. The summed E-state index contributed by atoms with van der Waals surface area (Å²) in [5, 5.41) is 0. The van der Waals surface area contributed by atoms with Crippen LogP contribution in [0.15, 0.2) is 48.5 Å². The molecule has 3 rings (SSSR count). The van der Waals surface area contributed by atoms with Gasteiger partial charge in [-0.2, -0.15) is 13.2 Å². The number of fused-ring (bicyclic) bond motifs is 3. The average Bonchev–Trinajstić information content (AvgIpc) is 2.68. The Hall–Kier alpha value is -1.81. The number of ether oxygens (including phenoxy) is 1. The van der Waals surface area contributed by atoms with E-state index in [9.17, 15) is 13.2 Å². The summed E-state index contributed by atoms with van der Waals surface area (Å²) in [6.07, 6.45) is -4.34. The summed E-state index contributed by atoms with van der Waals surface area (Å²) in [7, 11) is 0. The Morgan fingerprint density at radius 1 is 0.900 bits per heavy atom. The van der Waals surface area contributed by atoms with E-state index in [2.05, 4.69) is 0 Å². The number of rotatable bonds is 2. The molecule has 2 aromatic rings. The van der Waals surface area contributed by atoms with Gasteiger partial charge in [0.15, 0.2) is 0 Å². The van der Waals surface area contributed by atoms with Crippen LogP contribution in [0.3, 0.4) is 0 Å². The second-order valence-corrected chi connectivity index (χ2v) is 5.03. The largest absolute Gasteiger partial charge is 0.411 e. The molecule has 1 aliphatic rings. The summed E-state index contributed by atoms with van der Waals surface area (Å²) in [5.41, 5.74) is 2.39. The van der Waals surface area contributed by atoms with Crippen molar-refractivity contribution in [2.45, 2.75) is 18.7 Å². The third-order valence-electron chi connectivity index (χ3n) is 3.70. The van der Waals surface area contributed by atoms with Crippen molar-refractivity contribution in [1.82, 2.24) is 0 Å². The monoisotopic (exact) mass is 278 g/mol. The molecule has 0 bridgehead atoms. The Labute approximate surface area is 115 Å². The lowest BCUT2D eigenvalue weighted by Gasteiger charge is -2.28. The normalized spacial score (nSPS) is 15.8. The zero-order valence-electron chi connectivity index (χ0n) is 10.9. The highest BCUT2D eigenvalue weighted by Crippen LogP contribution is 2.49. The predicted molar refractivity (Wildman–Crippen MR) is 70.3 cm³/mol. The van der Waals surface area contributed by atoms with Gasteiger partial charge in [0, 0.05) is 0 Å². The van der Waals surface area contributed by atoms with Crippen LogP contribution in [0.25, 0.3) is 11.1 Å². The Kier molecular flexibility index (Phi) is 2.87. The van der Waals surface area contributed by atoms with Gasteiger partial charge < -0.3 is 4.74 Å². The molecule has 0 unspecified atom stereocenters. The molecule has 0 radical (unpaired) electrons. The van der Waals surface area contributed by atoms with E-state index in [0.29, 0.717) is 0 Å². The first-order chi connectivity index (χ1) is 9.42. The first kappa shape index (κ1) is 13.2. The fourth-order valence-corrected chi connectivity index (χ4v) is 2.79. The van der Waals surface area contributed by atoms with Gasteiger partial charge in [-0.25, -0.2) is 0 Å². The highest BCUT2D eigenvalue weighted by molar-refractivity contribution is 5.79. The molecular weight excluding hydrogens is 265 g/mol. The van der Waals surface area contributed by atoms with E-state index in [4.69, 9.17) is 4.74 Å². The van der Waals surface area contributed by atoms with Gasteiger partial charge in [0.1, 0.15) is 12.2 Å². The minimum atomic E-state index is -4.34. The van der Waals surface area contributed by atoms with Crippen LogP contribution in [0.4, 0.5) is 13.2 Å². The summed E-state index contributed by atoms with van der Waals surface area (Å²) >= 11 is 0. The molecule has 4 heteroatoms. The van der Waals surface area contributed by atoms with Gasteiger partial charge in [-0.05, 0) is 29.2 Å². The van der Waals surface area contributed by atoms with Crippen molar-refractivity contribution < 1.29 is 17.9 Å². The molecule has 0 N–H and O–H groups in total. The van der Waals surface area contributed by atoms with E-state index < -0.39 is 18.4 Å². The maximum Gasteiger partial charge on any atom is 0.411 e. The van der Waals surface area contributed by atoms with Crippen LogP contribution in [-0.2, 0) is 10.3 Å². The molecule has 1 nitrogen and oxygen atoms in total. The summed E-state index contributed by atoms with van der Waals surface area (Å²) in [6, 6.07) is 14.9. The topological polar surface area (TPSA) is 9.23 Å². The standard InChI is InChI=1S/C16H13F3O/c1-15(20-10-16(17,18)19)13-8-4-2-6-11(13)12-7-3-5-9-14(12)15/h2-9H,10H2,1H3. The van der Waals surface area contributed by atoms with Crippen molar-refractivity contribution >= 4 is 0 Å². The highest BCUT2D eigenvalue weighted by atomic mass is 19.4.